The average Bonchev–Trinajstić information content (AvgIpc) is 1.82. The first-order valence-electron chi connectivity index (χ1n) is 3.47. The summed E-state index contributed by atoms with van der Waals surface area (Å²) in [5.41, 5.74) is 0. The lowest BCUT2D eigenvalue weighted by Gasteiger charge is -2.10. The Balaban J connectivity index is 3.38. The normalized spacial score (nSPS) is 15.2. The molecule has 0 aliphatic carbocycles. The molecule has 0 aromatic carbocycles. The summed E-state index contributed by atoms with van der Waals surface area (Å²) in [5.74, 6) is 0.376. The van der Waals surface area contributed by atoms with E-state index in [1.807, 2.05) is 32.9 Å². The summed E-state index contributed by atoms with van der Waals surface area (Å²) in [6, 6.07) is 0. The van der Waals surface area contributed by atoms with Gasteiger partial charge in [0.05, 0.1) is 6.10 Å². The van der Waals surface area contributed by atoms with Crippen LogP contribution >= 0.6 is 0 Å². The van der Waals surface area contributed by atoms with Crippen LogP contribution in [0.25, 0.3) is 0 Å². The number of hydrogen-bond acceptors (Lipinski definition) is 1. The summed E-state index contributed by atoms with van der Waals surface area (Å²) in [7, 11) is 0. The smallest absolute Gasteiger partial charge is 0.0597 e. The topological polar surface area (TPSA) is 20.2 Å². The van der Waals surface area contributed by atoms with E-state index in [1.54, 1.807) is 0 Å². The molecule has 9 heavy (non-hydrogen) atoms. The van der Waals surface area contributed by atoms with E-state index in [1.165, 1.54) is 0 Å². The second-order valence-electron chi connectivity index (χ2n) is 2.62. The molecule has 1 heteroatoms. The lowest BCUT2D eigenvalue weighted by molar-refractivity contribution is 0.128. The number of hydrogen-bond donors (Lipinski definition) is 1. The van der Waals surface area contributed by atoms with E-state index in [0.29, 0.717) is 5.92 Å². The van der Waals surface area contributed by atoms with Crippen molar-refractivity contribution >= 4 is 0 Å². The molecule has 1 atom stereocenters. The largest absolute Gasteiger partial charge is 0.393 e. The summed E-state index contributed by atoms with van der Waals surface area (Å²) in [6.07, 6.45) is 4.57. The highest BCUT2D eigenvalue weighted by atomic mass is 16.3. The van der Waals surface area contributed by atoms with Crippen molar-refractivity contribution < 1.29 is 5.11 Å². The van der Waals surface area contributed by atoms with Crippen LogP contribution in [0.1, 0.15) is 27.2 Å². The third kappa shape index (κ3) is 4.22. The first-order chi connectivity index (χ1) is 4.18. The molecule has 0 saturated heterocycles. The molecule has 0 saturated carbocycles. The van der Waals surface area contributed by atoms with Gasteiger partial charge in [-0.05, 0) is 19.3 Å². The molecule has 0 amide bonds. The molecule has 0 fully saturated rings. The van der Waals surface area contributed by atoms with Crippen LogP contribution in [0.3, 0.4) is 0 Å². The Morgan fingerprint density at radius 3 is 2.33 bits per heavy atom. The maximum absolute atomic E-state index is 9.21. The van der Waals surface area contributed by atoms with Crippen molar-refractivity contribution in [2.45, 2.75) is 33.3 Å². The zero-order valence-electron chi connectivity index (χ0n) is 6.46. The Morgan fingerprint density at radius 2 is 2.00 bits per heavy atom. The van der Waals surface area contributed by atoms with Crippen LogP contribution in [-0.2, 0) is 0 Å². The molecular weight excluding hydrogens is 112 g/mol. The van der Waals surface area contributed by atoms with E-state index < -0.39 is 0 Å². The molecule has 1 nitrogen and oxygen atoms in total. The number of aliphatic hydroxyl groups is 1. The Morgan fingerprint density at radius 1 is 1.44 bits per heavy atom. The Kier molecular flexibility index (Phi) is 4.41. The lowest BCUT2D eigenvalue weighted by Crippen LogP contribution is -2.12. The number of rotatable bonds is 3. The molecule has 0 heterocycles. The van der Waals surface area contributed by atoms with Gasteiger partial charge in [0.15, 0.2) is 0 Å². The molecule has 1 N–H and O–H groups in total. The van der Waals surface area contributed by atoms with Crippen LogP contribution in [0, 0.1) is 5.92 Å². The second-order valence-corrected chi connectivity index (χ2v) is 2.62. The van der Waals surface area contributed by atoms with Crippen molar-refractivity contribution in [3.63, 3.8) is 0 Å². The average molecular weight is 128 g/mol. The minimum absolute atomic E-state index is 0.166. The van der Waals surface area contributed by atoms with Crippen LogP contribution < -0.4 is 0 Å². The quantitative estimate of drug-likeness (QED) is 0.576. The fraction of sp³-hybridized carbons (Fsp3) is 0.750. The predicted molar refractivity (Wildman–Crippen MR) is 40.3 cm³/mol. The van der Waals surface area contributed by atoms with Crippen LogP contribution in [-0.4, -0.2) is 11.2 Å². The Hall–Kier alpha value is -0.300. The zero-order chi connectivity index (χ0) is 7.28. The van der Waals surface area contributed by atoms with E-state index >= 15 is 0 Å². The van der Waals surface area contributed by atoms with Gasteiger partial charge in [0.1, 0.15) is 0 Å². The third-order valence-electron chi connectivity index (χ3n) is 1.38. The maximum Gasteiger partial charge on any atom is 0.0597 e. The minimum Gasteiger partial charge on any atom is -0.393 e. The molecule has 0 aliphatic rings. The molecule has 0 aliphatic heterocycles. The Labute approximate surface area is 57.4 Å². The molecule has 54 valence electrons. The third-order valence-corrected chi connectivity index (χ3v) is 1.38. The summed E-state index contributed by atoms with van der Waals surface area (Å²) in [5, 5.41) is 9.21. The highest BCUT2D eigenvalue weighted by Gasteiger charge is 2.04. The highest BCUT2D eigenvalue weighted by Crippen LogP contribution is 2.05. The van der Waals surface area contributed by atoms with Gasteiger partial charge < -0.3 is 5.11 Å². The van der Waals surface area contributed by atoms with Gasteiger partial charge in [-0.25, -0.2) is 0 Å². The molecular formula is C8H16O. The molecule has 1 unspecified atom stereocenters. The van der Waals surface area contributed by atoms with Gasteiger partial charge in [0, 0.05) is 0 Å². The molecule has 0 spiro atoms. The minimum atomic E-state index is -0.166. The summed E-state index contributed by atoms with van der Waals surface area (Å²) >= 11 is 0. The number of aliphatic hydroxyl groups excluding tert-OH is 1. The van der Waals surface area contributed by atoms with E-state index in [-0.39, 0.29) is 6.10 Å². The summed E-state index contributed by atoms with van der Waals surface area (Å²) in [4.78, 5) is 0. The Bertz CT molecular complexity index is 84.6. The molecule has 0 aromatic rings. The van der Waals surface area contributed by atoms with Gasteiger partial charge in [0.2, 0.25) is 0 Å². The van der Waals surface area contributed by atoms with Crippen LogP contribution in [0.4, 0.5) is 0 Å². The first kappa shape index (κ1) is 8.70. The van der Waals surface area contributed by atoms with Gasteiger partial charge in [-0.3, -0.25) is 0 Å². The van der Waals surface area contributed by atoms with Crippen molar-refractivity contribution in [2.75, 3.05) is 0 Å². The number of allylic oxidation sites excluding steroid dienone is 1. The summed E-state index contributed by atoms with van der Waals surface area (Å²) < 4.78 is 0. The van der Waals surface area contributed by atoms with E-state index in [2.05, 4.69) is 0 Å². The van der Waals surface area contributed by atoms with Crippen molar-refractivity contribution in [3.8, 4) is 0 Å². The first-order valence-corrected chi connectivity index (χ1v) is 3.47. The van der Waals surface area contributed by atoms with E-state index in [4.69, 9.17) is 0 Å². The van der Waals surface area contributed by atoms with Crippen molar-refractivity contribution in [3.05, 3.63) is 12.2 Å². The van der Waals surface area contributed by atoms with Gasteiger partial charge in [-0.2, -0.15) is 0 Å². The van der Waals surface area contributed by atoms with Gasteiger partial charge >= 0.3 is 0 Å². The SMILES string of the molecule is CC=CCC(O)C(C)C. The van der Waals surface area contributed by atoms with Crippen LogP contribution in [0.15, 0.2) is 12.2 Å². The molecule has 0 rings (SSSR count). The predicted octanol–water partition coefficient (Wildman–Crippen LogP) is 1.97. The van der Waals surface area contributed by atoms with Crippen molar-refractivity contribution in [2.24, 2.45) is 5.92 Å². The van der Waals surface area contributed by atoms with Crippen LogP contribution in [0.5, 0.6) is 0 Å². The standard InChI is InChI=1S/C8H16O/c1-4-5-6-8(9)7(2)3/h4-5,7-9H,6H2,1-3H3. The fourth-order valence-electron chi connectivity index (χ4n) is 0.548. The van der Waals surface area contributed by atoms with Gasteiger partial charge in [-0.1, -0.05) is 26.0 Å². The lowest BCUT2D eigenvalue weighted by atomic mass is 10.0. The monoisotopic (exact) mass is 128 g/mol. The summed E-state index contributed by atoms with van der Waals surface area (Å²) in [6.45, 7) is 6.01. The van der Waals surface area contributed by atoms with E-state index in [0.717, 1.165) is 6.42 Å². The zero-order valence-corrected chi connectivity index (χ0v) is 6.46. The fourth-order valence-corrected chi connectivity index (χ4v) is 0.548. The van der Waals surface area contributed by atoms with Crippen LogP contribution in [0.2, 0.25) is 0 Å². The maximum atomic E-state index is 9.21. The second kappa shape index (κ2) is 4.57. The van der Waals surface area contributed by atoms with Crippen molar-refractivity contribution in [1.29, 1.82) is 0 Å². The van der Waals surface area contributed by atoms with Gasteiger partial charge in [-0.15, -0.1) is 0 Å². The van der Waals surface area contributed by atoms with Gasteiger partial charge in [0.25, 0.3) is 0 Å². The molecule has 0 radical (unpaired) electrons. The molecule has 0 bridgehead atoms. The molecule has 0 aromatic heterocycles. The highest BCUT2D eigenvalue weighted by molar-refractivity contribution is 4.80. The van der Waals surface area contributed by atoms with Crippen molar-refractivity contribution in [1.82, 2.24) is 0 Å². The van der Waals surface area contributed by atoms with E-state index in [9.17, 15) is 5.11 Å².